The molecule has 1 N–H and O–H groups in total. The van der Waals surface area contributed by atoms with Crippen LogP contribution < -0.4 is 5.32 Å². The second kappa shape index (κ2) is 6.36. The highest BCUT2D eigenvalue weighted by atomic mass is 16.6. The zero-order chi connectivity index (χ0) is 14.5. The van der Waals surface area contributed by atoms with Crippen LogP contribution in [0.1, 0.15) is 32.1 Å². The standard InChI is InChI=1S/C14H19N3O3/c1-16(12-5-3-2-4-6-12)14(18)15-11-7-9-13(10-8-11)17(19)20/h7-10,12H,2-6H2,1H3,(H,15,18). The molecule has 1 fully saturated rings. The summed E-state index contributed by atoms with van der Waals surface area (Å²) in [6, 6.07) is 6.00. The van der Waals surface area contributed by atoms with Gasteiger partial charge < -0.3 is 10.2 Å². The van der Waals surface area contributed by atoms with Crippen molar-refractivity contribution >= 4 is 17.4 Å². The SMILES string of the molecule is CN(C(=O)Nc1ccc([N+](=O)[O-])cc1)C1CCCCC1. The van der Waals surface area contributed by atoms with Crippen molar-refractivity contribution in [3.8, 4) is 0 Å². The van der Waals surface area contributed by atoms with Crippen LogP contribution >= 0.6 is 0 Å². The van der Waals surface area contributed by atoms with Crippen LogP contribution in [0.15, 0.2) is 24.3 Å². The van der Waals surface area contributed by atoms with Crippen LogP contribution in [0.25, 0.3) is 0 Å². The molecule has 1 saturated carbocycles. The Hall–Kier alpha value is -2.11. The van der Waals surface area contributed by atoms with Gasteiger partial charge in [0.05, 0.1) is 4.92 Å². The molecule has 6 nitrogen and oxygen atoms in total. The summed E-state index contributed by atoms with van der Waals surface area (Å²) in [5.74, 6) is 0. The number of benzene rings is 1. The molecule has 20 heavy (non-hydrogen) atoms. The van der Waals surface area contributed by atoms with Crippen LogP contribution in [-0.2, 0) is 0 Å². The summed E-state index contributed by atoms with van der Waals surface area (Å²) in [4.78, 5) is 23.9. The Morgan fingerprint density at radius 2 is 1.85 bits per heavy atom. The highest BCUT2D eigenvalue weighted by Crippen LogP contribution is 2.22. The Bertz CT molecular complexity index is 481. The third kappa shape index (κ3) is 3.46. The monoisotopic (exact) mass is 277 g/mol. The minimum absolute atomic E-state index is 0.0173. The average molecular weight is 277 g/mol. The van der Waals surface area contributed by atoms with Crippen molar-refractivity contribution in [1.29, 1.82) is 0 Å². The lowest BCUT2D eigenvalue weighted by atomic mass is 9.95. The van der Waals surface area contributed by atoms with Crippen molar-refractivity contribution in [1.82, 2.24) is 4.90 Å². The van der Waals surface area contributed by atoms with E-state index in [1.165, 1.54) is 31.4 Å². The van der Waals surface area contributed by atoms with Gasteiger partial charge in [0.25, 0.3) is 5.69 Å². The van der Waals surface area contributed by atoms with Crippen LogP contribution in [0, 0.1) is 10.1 Å². The van der Waals surface area contributed by atoms with Gasteiger partial charge in [0, 0.05) is 30.9 Å². The largest absolute Gasteiger partial charge is 0.325 e. The quantitative estimate of drug-likeness (QED) is 0.679. The molecular formula is C14H19N3O3. The molecule has 1 aromatic carbocycles. The predicted molar refractivity (Wildman–Crippen MR) is 76.8 cm³/mol. The summed E-state index contributed by atoms with van der Waals surface area (Å²) in [7, 11) is 1.80. The van der Waals surface area contributed by atoms with E-state index in [0.717, 1.165) is 12.8 Å². The van der Waals surface area contributed by atoms with Gasteiger partial charge in [0.2, 0.25) is 0 Å². The maximum absolute atomic E-state index is 12.1. The van der Waals surface area contributed by atoms with E-state index < -0.39 is 4.92 Å². The van der Waals surface area contributed by atoms with Gasteiger partial charge in [0.15, 0.2) is 0 Å². The lowest BCUT2D eigenvalue weighted by Crippen LogP contribution is -2.40. The first-order valence-corrected chi connectivity index (χ1v) is 6.86. The van der Waals surface area contributed by atoms with Crippen LogP contribution in [0.5, 0.6) is 0 Å². The van der Waals surface area contributed by atoms with Gasteiger partial charge >= 0.3 is 6.03 Å². The topological polar surface area (TPSA) is 75.5 Å². The molecule has 1 aliphatic rings. The number of nitro groups is 1. The molecule has 0 bridgehead atoms. The maximum atomic E-state index is 12.1. The molecule has 6 heteroatoms. The predicted octanol–water partition coefficient (Wildman–Crippen LogP) is 3.39. The fourth-order valence-corrected chi connectivity index (χ4v) is 2.51. The number of nitro benzene ring substituents is 1. The van der Waals surface area contributed by atoms with E-state index in [0.29, 0.717) is 11.7 Å². The first-order chi connectivity index (χ1) is 9.58. The number of nitrogens with one attached hydrogen (secondary N) is 1. The van der Waals surface area contributed by atoms with Crippen molar-refractivity contribution in [3.05, 3.63) is 34.4 Å². The molecular weight excluding hydrogens is 258 g/mol. The van der Waals surface area contributed by atoms with Gasteiger partial charge in [0.1, 0.15) is 0 Å². The number of amides is 2. The molecule has 0 unspecified atom stereocenters. The number of nitrogens with zero attached hydrogens (tertiary/aromatic N) is 2. The van der Waals surface area contributed by atoms with Crippen molar-refractivity contribution in [2.24, 2.45) is 0 Å². The molecule has 0 aromatic heterocycles. The molecule has 2 rings (SSSR count). The molecule has 0 heterocycles. The summed E-state index contributed by atoms with van der Waals surface area (Å²) in [6.07, 6.45) is 5.67. The Morgan fingerprint density at radius 3 is 2.40 bits per heavy atom. The van der Waals surface area contributed by atoms with E-state index in [4.69, 9.17) is 0 Å². The smallest absolute Gasteiger partial charge is 0.321 e. The first-order valence-electron chi connectivity index (χ1n) is 6.86. The molecule has 0 saturated heterocycles. The first kappa shape index (κ1) is 14.3. The average Bonchev–Trinajstić information content (AvgIpc) is 2.48. The van der Waals surface area contributed by atoms with Crippen LogP contribution in [0.4, 0.5) is 16.2 Å². The van der Waals surface area contributed by atoms with E-state index >= 15 is 0 Å². The summed E-state index contributed by atoms with van der Waals surface area (Å²) in [5, 5.41) is 13.3. The second-order valence-corrected chi connectivity index (χ2v) is 5.14. The lowest BCUT2D eigenvalue weighted by Gasteiger charge is -2.31. The van der Waals surface area contributed by atoms with E-state index in [9.17, 15) is 14.9 Å². The normalized spacial score (nSPS) is 15.7. The molecule has 0 atom stereocenters. The minimum Gasteiger partial charge on any atom is -0.325 e. The van der Waals surface area contributed by atoms with Crippen molar-refractivity contribution in [3.63, 3.8) is 0 Å². The highest BCUT2D eigenvalue weighted by Gasteiger charge is 2.22. The maximum Gasteiger partial charge on any atom is 0.321 e. The Kier molecular flexibility index (Phi) is 4.55. The minimum atomic E-state index is -0.459. The Labute approximate surface area is 117 Å². The van der Waals surface area contributed by atoms with E-state index in [1.807, 2.05) is 0 Å². The summed E-state index contributed by atoms with van der Waals surface area (Å²) < 4.78 is 0. The van der Waals surface area contributed by atoms with Gasteiger partial charge in [-0.25, -0.2) is 4.79 Å². The summed E-state index contributed by atoms with van der Waals surface area (Å²) >= 11 is 0. The number of urea groups is 1. The third-order valence-corrected chi connectivity index (χ3v) is 3.77. The molecule has 0 spiro atoms. The summed E-state index contributed by atoms with van der Waals surface area (Å²) in [6.45, 7) is 0. The number of rotatable bonds is 3. The van der Waals surface area contributed by atoms with Crippen LogP contribution in [-0.4, -0.2) is 28.9 Å². The van der Waals surface area contributed by atoms with E-state index in [1.54, 1.807) is 24.1 Å². The van der Waals surface area contributed by atoms with Gasteiger partial charge in [-0.2, -0.15) is 0 Å². The van der Waals surface area contributed by atoms with Crippen molar-refractivity contribution < 1.29 is 9.72 Å². The van der Waals surface area contributed by atoms with E-state index in [-0.39, 0.29) is 11.7 Å². The number of carbonyl (C=O) groups is 1. The van der Waals surface area contributed by atoms with E-state index in [2.05, 4.69) is 5.32 Å². The third-order valence-electron chi connectivity index (χ3n) is 3.77. The number of non-ortho nitro benzene ring substituents is 1. The zero-order valence-electron chi connectivity index (χ0n) is 11.5. The molecule has 108 valence electrons. The number of carbonyl (C=O) groups excluding carboxylic acids is 1. The number of anilines is 1. The van der Waals surface area contributed by atoms with Crippen molar-refractivity contribution in [2.75, 3.05) is 12.4 Å². The van der Waals surface area contributed by atoms with Gasteiger partial charge in [-0.1, -0.05) is 19.3 Å². The number of hydrogen-bond donors (Lipinski definition) is 1. The molecule has 1 aliphatic carbocycles. The van der Waals surface area contributed by atoms with Gasteiger partial charge in [-0.15, -0.1) is 0 Å². The Morgan fingerprint density at radius 1 is 1.25 bits per heavy atom. The molecule has 2 amide bonds. The highest BCUT2D eigenvalue weighted by molar-refractivity contribution is 5.89. The Balaban J connectivity index is 1.94. The van der Waals surface area contributed by atoms with Crippen LogP contribution in [0.2, 0.25) is 0 Å². The zero-order valence-corrected chi connectivity index (χ0v) is 11.5. The second-order valence-electron chi connectivity index (χ2n) is 5.14. The fraction of sp³-hybridized carbons (Fsp3) is 0.500. The molecule has 0 aliphatic heterocycles. The van der Waals surface area contributed by atoms with Crippen LogP contribution in [0.3, 0.4) is 0 Å². The number of hydrogen-bond acceptors (Lipinski definition) is 3. The summed E-state index contributed by atoms with van der Waals surface area (Å²) in [5.41, 5.74) is 0.590. The van der Waals surface area contributed by atoms with Gasteiger partial charge in [-0.05, 0) is 25.0 Å². The van der Waals surface area contributed by atoms with Gasteiger partial charge in [-0.3, -0.25) is 10.1 Å². The van der Waals surface area contributed by atoms with Crippen molar-refractivity contribution in [2.45, 2.75) is 38.1 Å². The molecule has 0 radical (unpaired) electrons. The molecule has 1 aromatic rings. The fourth-order valence-electron chi connectivity index (χ4n) is 2.51. The lowest BCUT2D eigenvalue weighted by molar-refractivity contribution is -0.384.